The standard InChI is InChI=1S/C25H34N6O.HI/c1-3-26-25(27-12-6-13-30-14-11-22-7-4-5-8-23(22)30)29-18-21-9-10-24(28-17-21)31-15-16-32-20(2)19-31;/h4-5,7-11,14,17,20H,3,6,12-13,15-16,18-19H2,1-2H3,(H2,26,27,29);1H. The average molecular weight is 563 g/mol. The molecule has 0 radical (unpaired) electrons. The number of guanidine groups is 1. The molecule has 178 valence electrons. The zero-order valence-corrected chi connectivity index (χ0v) is 21.9. The Morgan fingerprint density at radius 1 is 1.18 bits per heavy atom. The van der Waals surface area contributed by atoms with Crippen molar-refractivity contribution in [2.45, 2.75) is 39.5 Å². The number of benzene rings is 1. The number of anilines is 1. The Bertz CT molecular complexity index is 1020. The van der Waals surface area contributed by atoms with Gasteiger partial charge in [-0.25, -0.2) is 9.98 Å². The van der Waals surface area contributed by atoms with Gasteiger partial charge in [-0.05, 0) is 49.4 Å². The third-order valence-corrected chi connectivity index (χ3v) is 5.69. The summed E-state index contributed by atoms with van der Waals surface area (Å²) in [5, 5.41) is 8.08. The number of ether oxygens (including phenoxy) is 1. The SMILES string of the molecule is CCNC(=NCc1ccc(N2CCOC(C)C2)nc1)NCCCn1ccc2ccccc21.I. The molecule has 8 heteroatoms. The van der Waals surface area contributed by atoms with Gasteiger partial charge in [-0.3, -0.25) is 0 Å². The summed E-state index contributed by atoms with van der Waals surface area (Å²) in [6, 6.07) is 14.9. The molecule has 1 saturated heterocycles. The van der Waals surface area contributed by atoms with Crippen LogP contribution >= 0.6 is 24.0 Å². The predicted octanol–water partition coefficient (Wildman–Crippen LogP) is 4.02. The number of hydrogen-bond acceptors (Lipinski definition) is 4. The Hall–Kier alpha value is -2.33. The van der Waals surface area contributed by atoms with Crippen molar-refractivity contribution in [3.63, 3.8) is 0 Å². The van der Waals surface area contributed by atoms with E-state index >= 15 is 0 Å². The maximum Gasteiger partial charge on any atom is 0.191 e. The van der Waals surface area contributed by atoms with Gasteiger partial charge in [0.05, 0.1) is 19.3 Å². The van der Waals surface area contributed by atoms with E-state index in [0.29, 0.717) is 6.54 Å². The topological polar surface area (TPSA) is 66.7 Å². The summed E-state index contributed by atoms with van der Waals surface area (Å²) >= 11 is 0. The van der Waals surface area contributed by atoms with Crippen LogP contribution in [0.5, 0.6) is 0 Å². The van der Waals surface area contributed by atoms with E-state index in [1.165, 1.54) is 10.9 Å². The number of para-hydroxylation sites is 1. The van der Waals surface area contributed by atoms with E-state index in [2.05, 4.69) is 87.6 Å². The Balaban J connectivity index is 0.00000306. The molecule has 3 heterocycles. The molecule has 7 nitrogen and oxygen atoms in total. The summed E-state index contributed by atoms with van der Waals surface area (Å²) in [7, 11) is 0. The third kappa shape index (κ3) is 7.07. The van der Waals surface area contributed by atoms with E-state index in [1.54, 1.807) is 0 Å². The fourth-order valence-electron chi connectivity index (χ4n) is 4.03. The molecule has 1 aromatic carbocycles. The average Bonchev–Trinajstić information content (AvgIpc) is 3.23. The van der Waals surface area contributed by atoms with Crippen molar-refractivity contribution in [2.75, 3.05) is 37.7 Å². The highest BCUT2D eigenvalue weighted by molar-refractivity contribution is 14.0. The van der Waals surface area contributed by atoms with Crippen molar-refractivity contribution in [3.05, 3.63) is 60.4 Å². The van der Waals surface area contributed by atoms with Gasteiger partial charge in [-0.15, -0.1) is 24.0 Å². The highest BCUT2D eigenvalue weighted by Gasteiger charge is 2.17. The zero-order valence-electron chi connectivity index (χ0n) is 19.5. The molecule has 0 saturated carbocycles. The van der Waals surface area contributed by atoms with Crippen LogP contribution < -0.4 is 15.5 Å². The predicted molar refractivity (Wildman–Crippen MR) is 147 cm³/mol. The van der Waals surface area contributed by atoms with Crippen molar-refractivity contribution >= 4 is 46.7 Å². The largest absolute Gasteiger partial charge is 0.375 e. The van der Waals surface area contributed by atoms with Gasteiger partial charge < -0.3 is 24.8 Å². The van der Waals surface area contributed by atoms with E-state index in [4.69, 9.17) is 9.73 Å². The minimum Gasteiger partial charge on any atom is -0.375 e. The minimum absolute atomic E-state index is 0. The fraction of sp³-hybridized carbons (Fsp3) is 0.440. The van der Waals surface area contributed by atoms with Crippen molar-refractivity contribution in [1.29, 1.82) is 0 Å². The zero-order chi connectivity index (χ0) is 22.2. The lowest BCUT2D eigenvalue weighted by atomic mass is 10.2. The van der Waals surface area contributed by atoms with Crippen LogP contribution in [0.15, 0.2) is 59.9 Å². The molecular weight excluding hydrogens is 527 g/mol. The van der Waals surface area contributed by atoms with Crippen LogP contribution in [0.2, 0.25) is 0 Å². The molecule has 1 atom stereocenters. The molecule has 0 bridgehead atoms. The Labute approximate surface area is 213 Å². The number of aromatic nitrogens is 2. The van der Waals surface area contributed by atoms with Gasteiger partial charge in [-0.1, -0.05) is 24.3 Å². The molecule has 0 spiro atoms. The van der Waals surface area contributed by atoms with Crippen LogP contribution in [0.25, 0.3) is 10.9 Å². The normalized spacial score (nSPS) is 16.5. The Morgan fingerprint density at radius 2 is 2.06 bits per heavy atom. The van der Waals surface area contributed by atoms with Gasteiger partial charge in [0.15, 0.2) is 5.96 Å². The summed E-state index contributed by atoms with van der Waals surface area (Å²) in [5.41, 5.74) is 2.39. The number of aryl methyl sites for hydroxylation is 1. The molecule has 1 aliphatic rings. The molecule has 33 heavy (non-hydrogen) atoms. The van der Waals surface area contributed by atoms with E-state index in [0.717, 1.165) is 63.1 Å². The monoisotopic (exact) mass is 562 g/mol. The number of nitrogens with zero attached hydrogens (tertiary/aromatic N) is 4. The number of hydrogen-bond donors (Lipinski definition) is 2. The minimum atomic E-state index is 0. The molecule has 1 unspecified atom stereocenters. The van der Waals surface area contributed by atoms with E-state index in [-0.39, 0.29) is 30.1 Å². The van der Waals surface area contributed by atoms with Gasteiger partial charge in [0.25, 0.3) is 0 Å². The second-order valence-electron chi connectivity index (χ2n) is 8.20. The summed E-state index contributed by atoms with van der Waals surface area (Å²) in [4.78, 5) is 11.7. The lowest BCUT2D eigenvalue weighted by Crippen LogP contribution is -2.41. The first-order chi connectivity index (χ1) is 15.7. The third-order valence-electron chi connectivity index (χ3n) is 5.69. The van der Waals surface area contributed by atoms with E-state index in [9.17, 15) is 0 Å². The maximum absolute atomic E-state index is 5.62. The quantitative estimate of drug-likeness (QED) is 0.188. The summed E-state index contributed by atoms with van der Waals surface area (Å²) in [5.74, 6) is 1.85. The van der Waals surface area contributed by atoms with Gasteiger partial charge in [0.2, 0.25) is 0 Å². The van der Waals surface area contributed by atoms with Crippen molar-refractivity contribution in [3.8, 4) is 0 Å². The second-order valence-corrected chi connectivity index (χ2v) is 8.20. The fourth-order valence-corrected chi connectivity index (χ4v) is 4.03. The van der Waals surface area contributed by atoms with Crippen LogP contribution in [0.3, 0.4) is 0 Å². The smallest absolute Gasteiger partial charge is 0.191 e. The van der Waals surface area contributed by atoms with Crippen LogP contribution in [-0.2, 0) is 17.8 Å². The van der Waals surface area contributed by atoms with Crippen molar-refractivity contribution < 1.29 is 4.74 Å². The molecule has 2 aromatic heterocycles. The summed E-state index contributed by atoms with van der Waals surface area (Å²) in [6.45, 7) is 10.0. The highest BCUT2D eigenvalue weighted by Crippen LogP contribution is 2.16. The number of halogens is 1. The lowest BCUT2D eigenvalue weighted by molar-refractivity contribution is 0.0529. The Kier molecular flexibility index (Phi) is 9.80. The van der Waals surface area contributed by atoms with Crippen LogP contribution in [-0.4, -0.2) is 54.4 Å². The van der Waals surface area contributed by atoms with Crippen LogP contribution in [0.1, 0.15) is 25.8 Å². The van der Waals surface area contributed by atoms with Gasteiger partial charge in [0.1, 0.15) is 5.82 Å². The van der Waals surface area contributed by atoms with Gasteiger partial charge in [-0.2, -0.15) is 0 Å². The lowest BCUT2D eigenvalue weighted by Gasteiger charge is -2.32. The molecule has 3 aromatic rings. The molecule has 1 aliphatic heterocycles. The van der Waals surface area contributed by atoms with Crippen molar-refractivity contribution in [2.24, 2.45) is 4.99 Å². The van der Waals surface area contributed by atoms with Gasteiger partial charge in [0, 0.05) is 50.6 Å². The maximum atomic E-state index is 5.62. The first-order valence-corrected chi connectivity index (χ1v) is 11.6. The molecule has 0 aliphatic carbocycles. The number of rotatable bonds is 8. The van der Waals surface area contributed by atoms with Crippen LogP contribution in [0.4, 0.5) is 5.82 Å². The van der Waals surface area contributed by atoms with Crippen molar-refractivity contribution in [1.82, 2.24) is 20.2 Å². The molecule has 0 amide bonds. The van der Waals surface area contributed by atoms with E-state index in [1.807, 2.05) is 6.20 Å². The molecule has 1 fully saturated rings. The summed E-state index contributed by atoms with van der Waals surface area (Å²) in [6.07, 6.45) is 5.37. The molecule has 2 N–H and O–H groups in total. The second kappa shape index (κ2) is 12.8. The number of fused-ring (bicyclic) bond motifs is 1. The number of aliphatic imine (C=N–C) groups is 1. The molecule has 4 rings (SSSR count). The summed E-state index contributed by atoms with van der Waals surface area (Å²) < 4.78 is 7.93. The number of nitrogens with one attached hydrogen (secondary N) is 2. The van der Waals surface area contributed by atoms with Gasteiger partial charge >= 0.3 is 0 Å². The first kappa shape index (κ1) is 25.3. The Morgan fingerprint density at radius 3 is 2.85 bits per heavy atom. The number of morpholine rings is 1. The molecular formula is C25H35IN6O. The van der Waals surface area contributed by atoms with E-state index < -0.39 is 0 Å². The first-order valence-electron chi connectivity index (χ1n) is 11.6. The highest BCUT2D eigenvalue weighted by atomic mass is 127. The van der Waals surface area contributed by atoms with Crippen LogP contribution in [0, 0.1) is 0 Å². The number of pyridine rings is 1.